The molecule has 2 heterocycles. The molecule has 30 heavy (non-hydrogen) atoms. The molecule has 0 aliphatic carbocycles. The summed E-state index contributed by atoms with van der Waals surface area (Å²) in [6, 6.07) is 17.6. The van der Waals surface area contributed by atoms with Crippen LogP contribution in [0.4, 0.5) is 0 Å². The summed E-state index contributed by atoms with van der Waals surface area (Å²) >= 11 is 0. The average molecular weight is 402 g/mol. The van der Waals surface area contributed by atoms with Gasteiger partial charge in [-0.3, -0.25) is 4.79 Å². The van der Waals surface area contributed by atoms with Gasteiger partial charge in [-0.25, -0.2) is 0 Å². The number of carbonyl (C=O) groups excluding carboxylic acids is 1. The van der Waals surface area contributed by atoms with Crippen molar-refractivity contribution in [3.8, 4) is 17.1 Å². The number of benzene rings is 2. The third-order valence-electron chi connectivity index (χ3n) is 4.66. The molecule has 0 atom stereocenters. The molecular formula is C23H22N4O3. The topological polar surface area (TPSA) is 90.1 Å². The lowest BCUT2D eigenvalue weighted by Gasteiger charge is -2.09. The second kappa shape index (κ2) is 8.73. The van der Waals surface area contributed by atoms with Crippen molar-refractivity contribution in [2.75, 3.05) is 6.61 Å². The number of nitrogens with one attached hydrogen (secondary N) is 1. The molecule has 0 saturated carbocycles. The number of ether oxygens (including phenoxy) is 1. The van der Waals surface area contributed by atoms with E-state index in [1.54, 1.807) is 0 Å². The van der Waals surface area contributed by atoms with Crippen molar-refractivity contribution >= 4 is 17.0 Å². The van der Waals surface area contributed by atoms with E-state index >= 15 is 0 Å². The van der Waals surface area contributed by atoms with Crippen LogP contribution in [0, 0.1) is 6.92 Å². The van der Waals surface area contributed by atoms with Crippen LogP contribution in [-0.4, -0.2) is 27.6 Å². The van der Waals surface area contributed by atoms with Gasteiger partial charge in [0.05, 0.1) is 0 Å². The highest BCUT2D eigenvalue weighted by Crippen LogP contribution is 2.33. The van der Waals surface area contributed by atoms with E-state index in [2.05, 4.69) is 20.4 Å². The van der Waals surface area contributed by atoms with E-state index in [1.165, 1.54) is 5.56 Å². The van der Waals surface area contributed by atoms with Crippen LogP contribution in [0.3, 0.4) is 0 Å². The molecular weight excluding hydrogens is 380 g/mol. The number of amides is 1. The molecule has 7 heteroatoms. The number of hydrogen-bond acceptors (Lipinski definition) is 6. The molecule has 4 rings (SSSR count). The third-order valence-corrected chi connectivity index (χ3v) is 4.66. The van der Waals surface area contributed by atoms with Gasteiger partial charge in [-0.05, 0) is 12.5 Å². The molecule has 2 aromatic carbocycles. The smallest absolute Gasteiger partial charge is 0.265 e. The minimum atomic E-state index is -0.238. The van der Waals surface area contributed by atoms with Gasteiger partial charge in [-0.15, -0.1) is 0 Å². The predicted molar refractivity (Wildman–Crippen MR) is 113 cm³/mol. The Hall–Kier alpha value is -3.74. The Morgan fingerprint density at radius 3 is 2.57 bits per heavy atom. The van der Waals surface area contributed by atoms with E-state index in [9.17, 15) is 4.79 Å². The zero-order chi connectivity index (χ0) is 20.9. The molecule has 4 aromatic rings. The molecule has 0 radical (unpaired) electrons. The molecule has 1 N–H and O–H groups in total. The van der Waals surface area contributed by atoms with E-state index in [0.29, 0.717) is 41.5 Å². The number of nitrogens with zero attached hydrogens (tertiary/aromatic N) is 3. The molecule has 0 saturated heterocycles. The maximum atomic E-state index is 12.3. The van der Waals surface area contributed by atoms with Crippen molar-refractivity contribution in [1.29, 1.82) is 0 Å². The fraction of sp³-hybridized carbons (Fsp3) is 0.217. The van der Waals surface area contributed by atoms with Crippen LogP contribution in [-0.2, 0) is 17.8 Å². The summed E-state index contributed by atoms with van der Waals surface area (Å²) in [5.41, 5.74) is 3.99. The molecule has 0 spiro atoms. The van der Waals surface area contributed by atoms with E-state index in [-0.39, 0.29) is 12.5 Å². The van der Waals surface area contributed by atoms with Crippen molar-refractivity contribution in [3.05, 3.63) is 71.5 Å². The van der Waals surface area contributed by atoms with Crippen LogP contribution < -0.4 is 10.1 Å². The van der Waals surface area contributed by atoms with Gasteiger partial charge in [0.15, 0.2) is 6.61 Å². The first kappa shape index (κ1) is 19.6. The fourth-order valence-electron chi connectivity index (χ4n) is 3.01. The molecule has 1 amide bonds. The number of aryl methyl sites for hydroxylation is 2. The summed E-state index contributed by atoms with van der Waals surface area (Å²) in [4.78, 5) is 21.2. The van der Waals surface area contributed by atoms with E-state index in [4.69, 9.17) is 9.26 Å². The summed E-state index contributed by atoms with van der Waals surface area (Å²) in [5.74, 6) is 0.619. The quantitative estimate of drug-likeness (QED) is 0.505. The molecule has 7 nitrogen and oxygen atoms in total. The van der Waals surface area contributed by atoms with Crippen LogP contribution in [0.2, 0.25) is 0 Å². The van der Waals surface area contributed by atoms with Gasteiger partial charge in [-0.2, -0.15) is 9.97 Å². The summed E-state index contributed by atoms with van der Waals surface area (Å²) in [5, 5.41) is 7.57. The van der Waals surface area contributed by atoms with Gasteiger partial charge in [-0.1, -0.05) is 72.2 Å². The van der Waals surface area contributed by atoms with Crippen molar-refractivity contribution in [3.63, 3.8) is 0 Å². The number of carbonyl (C=O) groups is 1. The molecule has 0 bridgehead atoms. The van der Waals surface area contributed by atoms with Crippen molar-refractivity contribution < 1.29 is 14.1 Å². The standard InChI is InChI=1S/C23H22N4O3/c1-3-18-25-22(29-14-19(28)24-13-16-11-9-15(2)10-12-16)20-21(27-30-23(20)26-18)17-7-5-4-6-8-17/h4-12H,3,13-14H2,1-2H3,(H,24,28). The van der Waals surface area contributed by atoms with Gasteiger partial charge in [0.2, 0.25) is 5.88 Å². The highest BCUT2D eigenvalue weighted by Gasteiger charge is 2.20. The highest BCUT2D eigenvalue weighted by molar-refractivity contribution is 5.93. The monoisotopic (exact) mass is 402 g/mol. The average Bonchev–Trinajstić information content (AvgIpc) is 3.21. The van der Waals surface area contributed by atoms with E-state index < -0.39 is 0 Å². The molecule has 2 aromatic heterocycles. The van der Waals surface area contributed by atoms with Gasteiger partial charge in [0.25, 0.3) is 11.6 Å². The first-order chi connectivity index (χ1) is 14.6. The van der Waals surface area contributed by atoms with Gasteiger partial charge < -0.3 is 14.6 Å². The zero-order valence-corrected chi connectivity index (χ0v) is 16.9. The predicted octanol–water partition coefficient (Wildman–Crippen LogP) is 3.85. The van der Waals surface area contributed by atoms with Gasteiger partial charge in [0, 0.05) is 18.5 Å². The number of aromatic nitrogens is 3. The van der Waals surface area contributed by atoms with Crippen LogP contribution in [0.15, 0.2) is 59.1 Å². The van der Waals surface area contributed by atoms with Crippen molar-refractivity contribution in [2.45, 2.75) is 26.8 Å². The number of fused-ring (bicyclic) bond motifs is 1. The van der Waals surface area contributed by atoms with Crippen molar-refractivity contribution in [1.82, 2.24) is 20.4 Å². The Morgan fingerprint density at radius 2 is 1.83 bits per heavy atom. The molecule has 0 unspecified atom stereocenters. The lowest BCUT2D eigenvalue weighted by atomic mass is 10.1. The van der Waals surface area contributed by atoms with Gasteiger partial charge >= 0.3 is 0 Å². The molecule has 0 aliphatic heterocycles. The first-order valence-corrected chi connectivity index (χ1v) is 9.81. The normalized spacial score (nSPS) is 10.9. The van der Waals surface area contributed by atoms with Crippen LogP contribution in [0.25, 0.3) is 22.4 Å². The maximum absolute atomic E-state index is 12.3. The van der Waals surface area contributed by atoms with E-state index in [1.807, 2.05) is 68.4 Å². The molecule has 0 fully saturated rings. The number of hydrogen-bond donors (Lipinski definition) is 1. The summed E-state index contributed by atoms with van der Waals surface area (Å²) in [7, 11) is 0. The first-order valence-electron chi connectivity index (χ1n) is 9.81. The summed E-state index contributed by atoms with van der Waals surface area (Å²) in [6.07, 6.45) is 0.604. The largest absolute Gasteiger partial charge is 0.467 e. The summed E-state index contributed by atoms with van der Waals surface area (Å²) in [6.45, 7) is 4.23. The van der Waals surface area contributed by atoms with E-state index in [0.717, 1.165) is 11.1 Å². The Morgan fingerprint density at radius 1 is 1.07 bits per heavy atom. The van der Waals surface area contributed by atoms with Crippen LogP contribution in [0.5, 0.6) is 5.88 Å². The molecule has 0 aliphatic rings. The Bertz CT molecular complexity index is 1150. The Kier molecular flexibility index (Phi) is 5.70. The fourth-order valence-corrected chi connectivity index (χ4v) is 3.01. The summed E-state index contributed by atoms with van der Waals surface area (Å²) < 4.78 is 11.2. The highest BCUT2D eigenvalue weighted by atomic mass is 16.5. The zero-order valence-electron chi connectivity index (χ0n) is 16.9. The Labute approximate surface area is 174 Å². The third kappa shape index (κ3) is 4.30. The van der Waals surface area contributed by atoms with Crippen LogP contribution in [0.1, 0.15) is 23.9 Å². The minimum Gasteiger partial charge on any atom is -0.467 e. The lowest BCUT2D eigenvalue weighted by Crippen LogP contribution is -2.28. The second-order valence-electron chi connectivity index (χ2n) is 6.93. The van der Waals surface area contributed by atoms with Crippen molar-refractivity contribution in [2.24, 2.45) is 0 Å². The van der Waals surface area contributed by atoms with Crippen LogP contribution >= 0.6 is 0 Å². The lowest BCUT2D eigenvalue weighted by molar-refractivity contribution is -0.123. The number of rotatable bonds is 7. The SMILES string of the molecule is CCc1nc(OCC(=O)NCc2ccc(C)cc2)c2c(-c3ccccc3)noc2n1. The van der Waals surface area contributed by atoms with Gasteiger partial charge in [0.1, 0.15) is 16.9 Å². The second-order valence-corrected chi connectivity index (χ2v) is 6.93. The Balaban J connectivity index is 1.53. The minimum absolute atomic E-state index is 0.166. The maximum Gasteiger partial charge on any atom is 0.265 e. The molecule has 152 valence electrons.